The molecule has 3 aromatic rings. The fraction of sp³-hybridized carbons (Fsp3) is 0. The zero-order valence-corrected chi connectivity index (χ0v) is 17.1. The number of imide groups is 1. The molecular weight excluding hydrogens is 432 g/mol. The van der Waals surface area contributed by atoms with Gasteiger partial charge < -0.3 is 0 Å². The van der Waals surface area contributed by atoms with Gasteiger partial charge in [-0.15, -0.1) is 0 Å². The molecule has 1 heterocycles. The monoisotopic (exact) mass is 443 g/mol. The lowest BCUT2D eigenvalue weighted by Crippen LogP contribution is -2.31. The van der Waals surface area contributed by atoms with Gasteiger partial charge in [-0.2, -0.15) is 0 Å². The average Bonchev–Trinajstić information content (AvgIpc) is 2.92. The van der Waals surface area contributed by atoms with Gasteiger partial charge in [-0.1, -0.05) is 65.3 Å². The number of hydrogen-bond donors (Lipinski definition) is 0. The number of thioether (sulfide) groups is 1. The Balaban J connectivity index is 1.84. The van der Waals surface area contributed by atoms with E-state index in [4.69, 9.17) is 23.2 Å². The fourth-order valence-corrected chi connectivity index (χ4v) is 4.51. The summed E-state index contributed by atoms with van der Waals surface area (Å²) in [5.41, 5.74) is 0.944. The molecule has 0 fully saturated rings. The second-order valence-corrected chi connectivity index (χ2v) is 8.16. The summed E-state index contributed by atoms with van der Waals surface area (Å²) in [5, 5.41) is 0.612. The molecule has 0 spiro atoms. The Morgan fingerprint density at radius 3 is 2.03 bits per heavy atom. The van der Waals surface area contributed by atoms with Gasteiger partial charge in [0.25, 0.3) is 11.8 Å². The predicted octanol–water partition coefficient (Wildman–Crippen LogP) is 6.21. The highest BCUT2D eigenvalue weighted by molar-refractivity contribution is 8.04. The molecule has 4 rings (SSSR count). The number of carbonyl (C=O) groups excluding carboxylic acids is 2. The number of nitrogens with zero attached hydrogens (tertiary/aromatic N) is 1. The van der Waals surface area contributed by atoms with Crippen molar-refractivity contribution in [1.29, 1.82) is 0 Å². The van der Waals surface area contributed by atoms with Crippen molar-refractivity contribution in [2.75, 3.05) is 4.90 Å². The van der Waals surface area contributed by atoms with Crippen LogP contribution >= 0.6 is 35.0 Å². The summed E-state index contributed by atoms with van der Waals surface area (Å²) in [6, 6.07) is 19.2. The Labute approximate surface area is 180 Å². The van der Waals surface area contributed by atoms with Crippen LogP contribution in [0.15, 0.2) is 82.6 Å². The lowest BCUT2D eigenvalue weighted by Gasteiger charge is -2.16. The third kappa shape index (κ3) is 3.94. The van der Waals surface area contributed by atoms with E-state index in [1.54, 1.807) is 0 Å². The highest BCUT2D eigenvalue weighted by Gasteiger charge is 2.40. The highest BCUT2D eigenvalue weighted by atomic mass is 35.5. The molecule has 0 N–H and O–H groups in total. The Bertz CT molecular complexity index is 1130. The molecule has 2 amide bonds. The van der Waals surface area contributed by atoms with Gasteiger partial charge in [0.1, 0.15) is 5.82 Å². The number of amides is 2. The minimum Gasteiger partial charge on any atom is -0.268 e. The molecule has 1 aliphatic rings. The number of carbonyl (C=O) groups is 2. The van der Waals surface area contributed by atoms with Crippen molar-refractivity contribution in [3.8, 4) is 0 Å². The molecule has 0 saturated carbocycles. The van der Waals surface area contributed by atoms with Crippen molar-refractivity contribution in [2.24, 2.45) is 0 Å². The molecule has 0 bridgehead atoms. The number of anilines is 1. The van der Waals surface area contributed by atoms with Gasteiger partial charge in [0, 0.05) is 14.9 Å². The van der Waals surface area contributed by atoms with Gasteiger partial charge in [-0.05, 0) is 48.0 Å². The summed E-state index contributed by atoms with van der Waals surface area (Å²) >= 11 is 13.3. The quantitative estimate of drug-likeness (QED) is 0.449. The van der Waals surface area contributed by atoms with Gasteiger partial charge in [0.15, 0.2) is 0 Å². The zero-order valence-electron chi connectivity index (χ0n) is 14.7. The van der Waals surface area contributed by atoms with E-state index in [1.165, 1.54) is 54.2 Å². The van der Waals surface area contributed by atoms with Crippen LogP contribution in [0.3, 0.4) is 0 Å². The first-order chi connectivity index (χ1) is 13.9. The van der Waals surface area contributed by atoms with Crippen molar-refractivity contribution in [1.82, 2.24) is 0 Å². The van der Waals surface area contributed by atoms with Crippen LogP contribution < -0.4 is 4.90 Å². The summed E-state index contributed by atoms with van der Waals surface area (Å²) in [6.45, 7) is 0. The summed E-state index contributed by atoms with van der Waals surface area (Å²) in [7, 11) is 0. The second-order valence-electron chi connectivity index (χ2n) is 6.20. The average molecular weight is 444 g/mol. The molecule has 0 aliphatic carbocycles. The van der Waals surface area contributed by atoms with Gasteiger partial charge >= 0.3 is 0 Å². The van der Waals surface area contributed by atoms with Crippen molar-refractivity contribution >= 4 is 58.0 Å². The molecule has 7 heteroatoms. The maximum absolute atomic E-state index is 13.4. The molecule has 1 aliphatic heterocycles. The maximum atomic E-state index is 13.4. The molecule has 0 radical (unpaired) electrons. The Hall–Kier alpha value is -2.60. The van der Waals surface area contributed by atoms with Crippen molar-refractivity contribution in [3.63, 3.8) is 0 Å². The van der Waals surface area contributed by atoms with Gasteiger partial charge in [0.05, 0.1) is 16.2 Å². The largest absolute Gasteiger partial charge is 0.272 e. The molecule has 3 nitrogen and oxygen atoms in total. The first-order valence-electron chi connectivity index (χ1n) is 8.52. The predicted molar refractivity (Wildman–Crippen MR) is 115 cm³/mol. The van der Waals surface area contributed by atoms with Crippen LogP contribution in [-0.4, -0.2) is 11.8 Å². The van der Waals surface area contributed by atoms with E-state index in [-0.39, 0.29) is 16.2 Å². The van der Waals surface area contributed by atoms with E-state index in [0.29, 0.717) is 15.6 Å². The zero-order chi connectivity index (χ0) is 20.5. The third-order valence-electron chi connectivity index (χ3n) is 4.24. The summed E-state index contributed by atoms with van der Waals surface area (Å²) in [6.07, 6.45) is 0. The number of halogens is 3. The van der Waals surface area contributed by atoms with Crippen LogP contribution in [0.25, 0.3) is 5.57 Å². The van der Waals surface area contributed by atoms with Gasteiger partial charge in [-0.25, -0.2) is 9.29 Å². The van der Waals surface area contributed by atoms with E-state index in [2.05, 4.69) is 0 Å². The van der Waals surface area contributed by atoms with Crippen LogP contribution in [0.5, 0.6) is 0 Å². The topological polar surface area (TPSA) is 37.4 Å². The first kappa shape index (κ1) is 19.7. The second kappa shape index (κ2) is 8.03. The molecule has 144 valence electrons. The SMILES string of the molecule is O=C1C(Sc2ccccc2)=C(c2ccc(F)cc2)C(=O)N1c1cc(Cl)cc(Cl)c1. The molecule has 3 aromatic carbocycles. The molecule has 29 heavy (non-hydrogen) atoms. The normalized spacial score (nSPS) is 14.1. The van der Waals surface area contributed by atoms with Gasteiger partial charge in [-0.3, -0.25) is 9.59 Å². The Morgan fingerprint density at radius 2 is 1.41 bits per heavy atom. The summed E-state index contributed by atoms with van der Waals surface area (Å²) in [4.78, 5) is 28.6. The minimum atomic E-state index is -0.515. The van der Waals surface area contributed by atoms with Gasteiger partial charge in [0.2, 0.25) is 0 Å². The standard InChI is InChI=1S/C22H12Cl2FNO2S/c23-14-10-15(24)12-17(11-14)26-21(27)19(13-6-8-16(25)9-7-13)20(22(26)28)29-18-4-2-1-3-5-18/h1-12H. The molecule has 0 unspecified atom stereocenters. The molecular formula is C22H12Cl2FNO2S. The van der Waals surface area contributed by atoms with Crippen LogP contribution in [0.4, 0.5) is 10.1 Å². The van der Waals surface area contributed by atoms with E-state index in [0.717, 1.165) is 9.80 Å². The minimum absolute atomic E-state index is 0.208. The molecule has 0 atom stereocenters. The smallest absolute Gasteiger partial charge is 0.268 e. The van der Waals surface area contributed by atoms with E-state index in [9.17, 15) is 14.0 Å². The van der Waals surface area contributed by atoms with Crippen LogP contribution in [0.1, 0.15) is 5.56 Å². The van der Waals surface area contributed by atoms with Crippen LogP contribution in [0.2, 0.25) is 10.0 Å². The van der Waals surface area contributed by atoms with Crippen molar-refractivity contribution in [2.45, 2.75) is 4.90 Å². The Kier molecular flexibility index (Phi) is 5.46. The highest BCUT2D eigenvalue weighted by Crippen LogP contribution is 2.42. The van der Waals surface area contributed by atoms with Crippen LogP contribution in [-0.2, 0) is 9.59 Å². The Morgan fingerprint density at radius 1 is 0.793 bits per heavy atom. The molecule has 0 saturated heterocycles. The third-order valence-corrected chi connectivity index (χ3v) is 5.77. The number of benzene rings is 3. The summed E-state index contributed by atoms with van der Waals surface area (Å²) in [5.74, 6) is -1.43. The van der Waals surface area contributed by atoms with Crippen molar-refractivity contribution < 1.29 is 14.0 Å². The first-order valence-corrected chi connectivity index (χ1v) is 10.1. The van der Waals surface area contributed by atoms with E-state index >= 15 is 0 Å². The van der Waals surface area contributed by atoms with Crippen molar-refractivity contribution in [3.05, 3.63) is 99.1 Å². The van der Waals surface area contributed by atoms with E-state index < -0.39 is 17.6 Å². The number of hydrogen-bond acceptors (Lipinski definition) is 3. The van der Waals surface area contributed by atoms with Crippen LogP contribution in [0, 0.1) is 5.82 Å². The summed E-state index contributed by atoms with van der Waals surface area (Å²) < 4.78 is 13.4. The lowest BCUT2D eigenvalue weighted by molar-refractivity contribution is -0.119. The molecule has 0 aromatic heterocycles. The maximum Gasteiger partial charge on any atom is 0.272 e. The fourth-order valence-electron chi connectivity index (χ4n) is 2.98. The van der Waals surface area contributed by atoms with E-state index in [1.807, 2.05) is 30.3 Å². The number of rotatable bonds is 4. The lowest BCUT2D eigenvalue weighted by atomic mass is 10.1.